The Bertz CT molecular complexity index is 1030. The maximum absolute atomic E-state index is 12.2. The molecule has 0 saturated heterocycles. The van der Waals surface area contributed by atoms with Crippen LogP contribution in [0.1, 0.15) is 22.2 Å². The summed E-state index contributed by atoms with van der Waals surface area (Å²) in [5.74, 6) is 1.26. The number of carbonyl (C=O) groups is 1. The van der Waals surface area contributed by atoms with Crippen molar-refractivity contribution in [1.82, 2.24) is 15.3 Å². The molecule has 2 heterocycles. The van der Waals surface area contributed by atoms with Crippen LogP contribution in [0.2, 0.25) is 0 Å². The van der Waals surface area contributed by atoms with Gasteiger partial charge in [0.25, 0.3) is 0 Å². The summed E-state index contributed by atoms with van der Waals surface area (Å²) >= 11 is 1.59. The predicted molar refractivity (Wildman–Crippen MR) is 114 cm³/mol. The van der Waals surface area contributed by atoms with E-state index in [1.54, 1.807) is 17.5 Å². The second kappa shape index (κ2) is 8.84. The van der Waals surface area contributed by atoms with Gasteiger partial charge in [0, 0.05) is 35.0 Å². The predicted octanol–water partition coefficient (Wildman–Crippen LogP) is 5.02. The second-order valence-corrected chi connectivity index (χ2v) is 7.96. The summed E-state index contributed by atoms with van der Waals surface area (Å²) in [4.78, 5) is 22.2. The number of thiazole rings is 1. The van der Waals surface area contributed by atoms with E-state index in [4.69, 9.17) is 9.40 Å². The maximum Gasteiger partial charge on any atom is 0.220 e. The van der Waals surface area contributed by atoms with Crippen LogP contribution in [0.4, 0.5) is 0 Å². The molecule has 0 spiro atoms. The smallest absolute Gasteiger partial charge is 0.220 e. The van der Waals surface area contributed by atoms with E-state index in [-0.39, 0.29) is 5.91 Å². The molecule has 0 radical (unpaired) electrons. The van der Waals surface area contributed by atoms with E-state index in [0.29, 0.717) is 25.3 Å². The Morgan fingerprint density at radius 1 is 1.03 bits per heavy atom. The number of aromatic nitrogens is 2. The first-order chi connectivity index (χ1) is 14.2. The molecule has 0 aliphatic rings. The number of nitrogens with one attached hydrogen (secondary N) is 1. The summed E-state index contributed by atoms with van der Waals surface area (Å²) in [6.45, 7) is 2.45. The molecular formula is C23H21N3O2S. The monoisotopic (exact) mass is 403 g/mol. The molecule has 5 nitrogen and oxygen atoms in total. The van der Waals surface area contributed by atoms with E-state index in [1.807, 2.05) is 67.6 Å². The number of benzene rings is 2. The fraction of sp³-hybridized carbons (Fsp3) is 0.174. The van der Waals surface area contributed by atoms with Gasteiger partial charge in [0.1, 0.15) is 5.69 Å². The van der Waals surface area contributed by atoms with Crippen LogP contribution in [0, 0.1) is 6.92 Å². The molecule has 29 heavy (non-hydrogen) atoms. The molecule has 146 valence electrons. The normalized spacial score (nSPS) is 10.8. The standard InChI is InChI=1S/C23H21N3O2S/c1-16-24-14-19(29-16)15-25-20(27)12-13-21-26-22(17-8-4-2-5-9-17)23(28-21)18-10-6-3-7-11-18/h2-11,14H,12-13,15H2,1H3,(H,25,27). The molecule has 4 rings (SSSR count). The first kappa shape index (κ1) is 19.1. The highest BCUT2D eigenvalue weighted by Gasteiger charge is 2.17. The average molecular weight is 404 g/mol. The molecule has 6 heteroatoms. The highest BCUT2D eigenvalue weighted by molar-refractivity contribution is 7.11. The zero-order valence-electron chi connectivity index (χ0n) is 16.1. The van der Waals surface area contributed by atoms with Gasteiger partial charge in [-0.1, -0.05) is 60.7 Å². The Kier molecular flexibility index (Phi) is 5.81. The van der Waals surface area contributed by atoms with Crippen LogP contribution in [-0.2, 0) is 17.8 Å². The largest absolute Gasteiger partial charge is 0.440 e. The summed E-state index contributed by atoms with van der Waals surface area (Å²) in [6.07, 6.45) is 2.56. The molecule has 4 aromatic rings. The van der Waals surface area contributed by atoms with E-state index >= 15 is 0 Å². The maximum atomic E-state index is 12.2. The van der Waals surface area contributed by atoms with Gasteiger partial charge in [-0.05, 0) is 6.92 Å². The molecular weight excluding hydrogens is 382 g/mol. The minimum atomic E-state index is -0.0308. The van der Waals surface area contributed by atoms with E-state index in [2.05, 4.69) is 10.3 Å². The molecule has 0 fully saturated rings. The van der Waals surface area contributed by atoms with Gasteiger partial charge in [0.05, 0.1) is 11.6 Å². The third-order valence-corrected chi connectivity index (χ3v) is 5.36. The summed E-state index contributed by atoms with van der Waals surface area (Å²) < 4.78 is 6.07. The van der Waals surface area contributed by atoms with Gasteiger partial charge >= 0.3 is 0 Å². The summed E-state index contributed by atoms with van der Waals surface area (Å²) in [6, 6.07) is 19.9. The zero-order chi connectivity index (χ0) is 20.1. The summed E-state index contributed by atoms with van der Waals surface area (Å²) in [7, 11) is 0. The van der Waals surface area contributed by atoms with Gasteiger partial charge < -0.3 is 9.73 Å². The van der Waals surface area contributed by atoms with E-state index in [1.165, 1.54) is 0 Å². The van der Waals surface area contributed by atoms with Gasteiger partial charge in [-0.25, -0.2) is 9.97 Å². The quantitative estimate of drug-likeness (QED) is 0.470. The lowest BCUT2D eigenvalue weighted by molar-refractivity contribution is -0.121. The molecule has 0 bridgehead atoms. The Morgan fingerprint density at radius 2 is 1.72 bits per heavy atom. The number of carbonyl (C=O) groups excluding carboxylic acids is 1. The summed E-state index contributed by atoms with van der Waals surface area (Å²) in [5, 5.41) is 3.93. The van der Waals surface area contributed by atoms with E-state index < -0.39 is 0 Å². The lowest BCUT2D eigenvalue weighted by atomic mass is 10.1. The van der Waals surface area contributed by atoms with Crippen LogP contribution in [0.5, 0.6) is 0 Å². The lowest BCUT2D eigenvalue weighted by Crippen LogP contribution is -2.22. The molecule has 2 aromatic heterocycles. The van der Waals surface area contributed by atoms with Gasteiger partial charge in [0.15, 0.2) is 11.7 Å². The number of nitrogens with zero attached hydrogens (tertiary/aromatic N) is 2. The highest BCUT2D eigenvalue weighted by Crippen LogP contribution is 2.32. The second-order valence-electron chi connectivity index (χ2n) is 6.64. The Morgan fingerprint density at radius 3 is 2.38 bits per heavy atom. The van der Waals surface area contributed by atoms with Crippen LogP contribution in [0.3, 0.4) is 0 Å². The third kappa shape index (κ3) is 4.78. The lowest BCUT2D eigenvalue weighted by Gasteiger charge is -2.01. The van der Waals surface area contributed by atoms with Gasteiger partial charge in [-0.3, -0.25) is 4.79 Å². The molecule has 0 unspecified atom stereocenters. The van der Waals surface area contributed by atoms with Crippen molar-refractivity contribution in [2.45, 2.75) is 26.3 Å². The molecule has 0 aliphatic heterocycles. The molecule has 2 aromatic carbocycles. The third-order valence-electron chi connectivity index (χ3n) is 4.45. The van der Waals surface area contributed by atoms with Crippen molar-refractivity contribution in [1.29, 1.82) is 0 Å². The van der Waals surface area contributed by atoms with Gasteiger partial charge in [-0.15, -0.1) is 11.3 Å². The van der Waals surface area contributed by atoms with Gasteiger partial charge in [0.2, 0.25) is 5.91 Å². The molecule has 0 saturated carbocycles. The van der Waals surface area contributed by atoms with Crippen LogP contribution >= 0.6 is 11.3 Å². The van der Waals surface area contributed by atoms with Crippen molar-refractivity contribution in [2.75, 3.05) is 0 Å². The molecule has 0 atom stereocenters. The number of oxazole rings is 1. The fourth-order valence-electron chi connectivity index (χ4n) is 3.03. The van der Waals surface area contributed by atoms with Crippen molar-refractivity contribution in [3.05, 3.63) is 82.6 Å². The minimum absolute atomic E-state index is 0.0308. The topological polar surface area (TPSA) is 68.0 Å². The van der Waals surface area contributed by atoms with Crippen molar-refractivity contribution >= 4 is 17.2 Å². The van der Waals surface area contributed by atoms with Crippen LogP contribution in [0.15, 0.2) is 71.3 Å². The van der Waals surface area contributed by atoms with E-state index in [0.717, 1.165) is 32.5 Å². The Hall–Kier alpha value is -3.25. The summed E-state index contributed by atoms with van der Waals surface area (Å²) in [5.41, 5.74) is 2.76. The number of rotatable bonds is 7. The van der Waals surface area contributed by atoms with Crippen LogP contribution in [-0.4, -0.2) is 15.9 Å². The van der Waals surface area contributed by atoms with Crippen molar-refractivity contribution in [3.63, 3.8) is 0 Å². The fourth-order valence-corrected chi connectivity index (χ4v) is 3.76. The zero-order valence-corrected chi connectivity index (χ0v) is 16.9. The van der Waals surface area contributed by atoms with Crippen molar-refractivity contribution < 1.29 is 9.21 Å². The van der Waals surface area contributed by atoms with Crippen molar-refractivity contribution in [2.24, 2.45) is 0 Å². The highest BCUT2D eigenvalue weighted by atomic mass is 32.1. The van der Waals surface area contributed by atoms with Gasteiger partial charge in [-0.2, -0.15) is 0 Å². The average Bonchev–Trinajstić information content (AvgIpc) is 3.38. The number of hydrogen-bond acceptors (Lipinski definition) is 5. The Labute approximate surface area is 173 Å². The Balaban J connectivity index is 1.48. The van der Waals surface area contributed by atoms with Crippen molar-refractivity contribution in [3.8, 4) is 22.6 Å². The number of hydrogen-bond donors (Lipinski definition) is 1. The van der Waals surface area contributed by atoms with E-state index in [9.17, 15) is 4.79 Å². The SMILES string of the molecule is Cc1ncc(CNC(=O)CCc2nc(-c3ccccc3)c(-c3ccccc3)o2)s1. The molecule has 1 amide bonds. The number of aryl methyl sites for hydroxylation is 2. The molecule has 0 aliphatic carbocycles. The van der Waals surface area contributed by atoms with Crippen LogP contribution < -0.4 is 5.32 Å². The van der Waals surface area contributed by atoms with Crippen LogP contribution in [0.25, 0.3) is 22.6 Å². The number of amides is 1. The first-order valence-corrected chi connectivity index (χ1v) is 10.3. The molecule has 1 N–H and O–H groups in total. The first-order valence-electron chi connectivity index (χ1n) is 9.47. The minimum Gasteiger partial charge on any atom is -0.440 e.